The summed E-state index contributed by atoms with van der Waals surface area (Å²) in [7, 11) is 1.70. The van der Waals surface area contributed by atoms with Gasteiger partial charge >= 0.3 is 0 Å². The van der Waals surface area contributed by atoms with E-state index >= 15 is 0 Å². The molecular formula is C16H25N5O2. The van der Waals surface area contributed by atoms with Gasteiger partial charge in [-0.3, -0.25) is 9.69 Å². The van der Waals surface area contributed by atoms with Crippen molar-refractivity contribution in [3.63, 3.8) is 0 Å². The van der Waals surface area contributed by atoms with E-state index < -0.39 is 0 Å². The van der Waals surface area contributed by atoms with Crippen molar-refractivity contribution in [2.75, 3.05) is 51.3 Å². The number of ether oxygens (including phenoxy) is 1. The first-order valence-corrected chi connectivity index (χ1v) is 8.33. The quantitative estimate of drug-likeness (QED) is 0.855. The third-order valence-electron chi connectivity index (χ3n) is 4.71. The smallest absolute Gasteiger partial charge is 0.225 e. The van der Waals surface area contributed by atoms with E-state index in [-0.39, 0.29) is 11.8 Å². The average Bonchev–Trinajstić information content (AvgIpc) is 2.86. The highest BCUT2D eigenvalue weighted by Crippen LogP contribution is 2.21. The Morgan fingerprint density at radius 2 is 1.96 bits per heavy atom. The van der Waals surface area contributed by atoms with Crippen molar-refractivity contribution in [2.24, 2.45) is 5.92 Å². The molecule has 0 aliphatic carbocycles. The molecule has 2 fully saturated rings. The summed E-state index contributed by atoms with van der Waals surface area (Å²) >= 11 is 0. The number of aromatic nitrogens is 2. The minimum atomic E-state index is -0.0749. The molecule has 0 unspecified atom stereocenters. The molecule has 0 aromatic carbocycles. The predicted octanol–water partition coefficient (Wildman–Crippen LogP) is 0.140. The van der Waals surface area contributed by atoms with Gasteiger partial charge in [0.05, 0.1) is 5.92 Å². The SMILES string of the molecule is CNC(=O)[C@H]1CN(c2ncccn2)CCN(C2CCOCC2)C1. The highest BCUT2D eigenvalue weighted by atomic mass is 16.5. The van der Waals surface area contributed by atoms with E-state index in [9.17, 15) is 4.79 Å². The number of rotatable bonds is 3. The number of hydrogen-bond acceptors (Lipinski definition) is 6. The molecule has 1 aromatic rings. The lowest BCUT2D eigenvalue weighted by Gasteiger charge is -2.34. The zero-order chi connectivity index (χ0) is 16.1. The van der Waals surface area contributed by atoms with Gasteiger partial charge in [0.1, 0.15) is 0 Å². The molecule has 2 aliphatic rings. The molecule has 3 rings (SSSR count). The third kappa shape index (κ3) is 3.97. The molecule has 1 aromatic heterocycles. The average molecular weight is 319 g/mol. The molecule has 0 saturated carbocycles. The van der Waals surface area contributed by atoms with E-state index in [1.54, 1.807) is 19.4 Å². The number of hydrogen-bond donors (Lipinski definition) is 1. The van der Waals surface area contributed by atoms with Crippen molar-refractivity contribution in [1.29, 1.82) is 0 Å². The van der Waals surface area contributed by atoms with E-state index in [1.807, 2.05) is 6.07 Å². The molecule has 2 aliphatic heterocycles. The van der Waals surface area contributed by atoms with Crippen molar-refractivity contribution in [1.82, 2.24) is 20.2 Å². The molecule has 1 N–H and O–H groups in total. The Kier molecular flexibility index (Phi) is 5.40. The summed E-state index contributed by atoms with van der Waals surface area (Å²) < 4.78 is 5.47. The lowest BCUT2D eigenvalue weighted by atomic mass is 10.0. The zero-order valence-corrected chi connectivity index (χ0v) is 13.6. The number of amides is 1. The predicted molar refractivity (Wildman–Crippen MR) is 87.2 cm³/mol. The molecule has 23 heavy (non-hydrogen) atoms. The highest BCUT2D eigenvalue weighted by molar-refractivity contribution is 5.79. The minimum Gasteiger partial charge on any atom is -0.381 e. The van der Waals surface area contributed by atoms with Gasteiger partial charge in [0, 0.05) is 64.9 Å². The molecular weight excluding hydrogens is 294 g/mol. The molecule has 126 valence electrons. The van der Waals surface area contributed by atoms with Gasteiger partial charge in [-0.2, -0.15) is 0 Å². The first-order chi connectivity index (χ1) is 11.3. The van der Waals surface area contributed by atoms with E-state index in [4.69, 9.17) is 4.74 Å². The van der Waals surface area contributed by atoms with Gasteiger partial charge in [0.15, 0.2) is 0 Å². The van der Waals surface area contributed by atoms with E-state index in [2.05, 4.69) is 25.1 Å². The van der Waals surface area contributed by atoms with Crippen molar-refractivity contribution >= 4 is 11.9 Å². The topological polar surface area (TPSA) is 70.6 Å². The second kappa shape index (κ2) is 7.70. The van der Waals surface area contributed by atoms with Crippen LogP contribution in [0.4, 0.5) is 5.95 Å². The summed E-state index contributed by atoms with van der Waals surface area (Å²) in [6.07, 6.45) is 5.58. The zero-order valence-electron chi connectivity index (χ0n) is 13.6. The maximum Gasteiger partial charge on any atom is 0.225 e. The summed E-state index contributed by atoms with van der Waals surface area (Å²) in [4.78, 5) is 25.6. The van der Waals surface area contributed by atoms with E-state index in [0.717, 1.165) is 45.7 Å². The van der Waals surface area contributed by atoms with Gasteiger partial charge < -0.3 is 15.0 Å². The molecule has 7 nitrogen and oxygen atoms in total. The van der Waals surface area contributed by atoms with Crippen LogP contribution < -0.4 is 10.2 Å². The van der Waals surface area contributed by atoms with Crippen LogP contribution in [-0.2, 0) is 9.53 Å². The molecule has 1 atom stereocenters. The number of nitrogens with one attached hydrogen (secondary N) is 1. The van der Waals surface area contributed by atoms with Crippen molar-refractivity contribution in [3.05, 3.63) is 18.5 Å². The number of carbonyl (C=O) groups is 1. The summed E-state index contributed by atoms with van der Waals surface area (Å²) in [6.45, 7) is 4.84. The van der Waals surface area contributed by atoms with Crippen molar-refractivity contribution in [2.45, 2.75) is 18.9 Å². The maximum absolute atomic E-state index is 12.3. The van der Waals surface area contributed by atoms with Crippen LogP contribution in [0.5, 0.6) is 0 Å². The first kappa shape index (κ1) is 16.1. The van der Waals surface area contributed by atoms with Crippen molar-refractivity contribution < 1.29 is 9.53 Å². The molecule has 1 amide bonds. The Labute approximate surface area is 137 Å². The fraction of sp³-hybridized carbons (Fsp3) is 0.688. The number of anilines is 1. The minimum absolute atomic E-state index is 0.0749. The Morgan fingerprint density at radius 3 is 2.65 bits per heavy atom. The van der Waals surface area contributed by atoms with Crippen molar-refractivity contribution in [3.8, 4) is 0 Å². The van der Waals surface area contributed by atoms with Crippen LogP contribution in [0.25, 0.3) is 0 Å². The lowest BCUT2D eigenvalue weighted by molar-refractivity contribution is -0.124. The summed E-state index contributed by atoms with van der Waals surface area (Å²) in [5.41, 5.74) is 0. The van der Waals surface area contributed by atoms with Crippen LogP contribution in [0.2, 0.25) is 0 Å². The normalized spacial score (nSPS) is 24.2. The third-order valence-corrected chi connectivity index (χ3v) is 4.71. The van der Waals surface area contributed by atoms with Crippen LogP contribution in [0.15, 0.2) is 18.5 Å². The van der Waals surface area contributed by atoms with Gasteiger partial charge in [-0.1, -0.05) is 0 Å². The second-order valence-electron chi connectivity index (χ2n) is 6.14. The second-order valence-corrected chi connectivity index (χ2v) is 6.14. The van der Waals surface area contributed by atoms with Gasteiger partial charge in [-0.15, -0.1) is 0 Å². The van der Waals surface area contributed by atoms with Gasteiger partial charge in [-0.25, -0.2) is 9.97 Å². The Balaban J connectivity index is 1.75. The summed E-state index contributed by atoms with van der Waals surface area (Å²) in [5, 5.41) is 2.80. The fourth-order valence-corrected chi connectivity index (χ4v) is 3.43. The maximum atomic E-state index is 12.3. The van der Waals surface area contributed by atoms with Gasteiger partial charge in [0.25, 0.3) is 0 Å². The van der Waals surface area contributed by atoms with E-state index in [1.165, 1.54) is 0 Å². The van der Waals surface area contributed by atoms with Crippen LogP contribution in [0.3, 0.4) is 0 Å². The summed E-state index contributed by atoms with van der Waals surface area (Å²) in [6, 6.07) is 2.32. The highest BCUT2D eigenvalue weighted by Gasteiger charge is 2.32. The standard InChI is InChI=1S/C16H25N5O2/c1-17-15(22)13-11-20(14-3-9-23-10-4-14)7-8-21(12-13)16-18-5-2-6-19-16/h2,5-6,13-14H,3-4,7-12H2,1H3,(H,17,22)/t13-/m1/s1. The molecule has 2 saturated heterocycles. The largest absolute Gasteiger partial charge is 0.381 e. The molecule has 3 heterocycles. The first-order valence-electron chi connectivity index (χ1n) is 8.33. The van der Waals surface area contributed by atoms with Crippen LogP contribution in [-0.4, -0.2) is 73.3 Å². The Bertz CT molecular complexity index is 506. The molecule has 0 spiro atoms. The monoisotopic (exact) mass is 319 g/mol. The Morgan fingerprint density at radius 1 is 1.22 bits per heavy atom. The van der Waals surface area contributed by atoms with Crippen LogP contribution in [0, 0.1) is 5.92 Å². The van der Waals surface area contributed by atoms with Gasteiger partial charge in [-0.05, 0) is 18.9 Å². The number of carbonyl (C=O) groups excluding carboxylic acids is 1. The number of nitrogens with zero attached hydrogens (tertiary/aromatic N) is 4. The van der Waals surface area contributed by atoms with Gasteiger partial charge in [0.2, 0.25) is 11.9 Å². The van der Waals surface area contributed by atoms with Crippen LogP contribution in [0.1, 0.15) is 12.8 Å². The summed E-state index contributed by atoms with van der Waals surface area (Å²) in [5.74, 6) is 0.717. The fourth-order valence-electron chi connectivity index (χ4n) is 3.43. The Hall–Kier alpha value is -1.73. The molecule has 0 radical (unpaired) electrons. The van der Waals surface area contributed by atoms with E-state index in [0.29, 0.717) is 18.5 Å². The molecule has 0 bridgehead atoms. The molecule has 7 heteroatoms. The van der Waals surface area contributed by atoms with Crippen LogP contribution >= 0.6 is 0 Å². The lowest BCUT2D eigenvalue weighted by Crippen LogP contribution is -2.45.